The Morgan fingerprint density at radius 2 is 2.06 bits per heavy atom. The van der Waals surface area contributed by atoms with Gasteiger partial charge in [0.1, 0.15) is 5.75 Å². The smallest absolute Gasteiger partial charge is 0.321 e. The zero-order valence-corrected chi connectivity index (χ0v) is 11.3. The lowest BCUT2D eigenvalue weighted by Crippen LogP contribution is -2.33. The fourth-order valence-corrected chi connectivity index (χ4v) is 1.36. The monoisotopic (exact) mass is 267 g/mol. The number of benzene rings is 1. The number of rotatable bonds is 5. The summed E-state index contributed by atoms with van der Waals surface area (Å²) in [4.78, 5) is 13.7. The summed E-state index contributed by atoms with van der Waals surface area (Å²) in [6.45, 7) is 0.497. The van der Waals surface area contributed by atoms with Crippen LogP contribution in [0.15, 0.2) is 24.3 Å². The first-order valence-corrected chi connectivity index (χ1v) is 5.88. The third-order valence-electron chi connectivity index (χ3n) is 2.38. The fourth-order valence-electron chi connectivity index (χ4n) is 1.27. The molecule has 2 amide bonds. The summed E-state index contributed by atoms with van der Waals surface area (Å²) in [7, 11) is 3.29. The van der Waals surface area contributed by atoms with Crippen LogP contribution in [-0.2, 0) is 0 Å². The van der Waals surface area contributed by atoms with E-state index in [0.717, 1.165) is 5.75 Å². The summed E-state index contributed by atoms with van der Waals surface area (Å²) in [6, 6.07) is 6.92. The number of nitrogens with two attached hydrogens (primary N) is 1. The van der Waals surface area contributed by atoms with Gasteiger partial charge in [-0.25, -0.2) is 4.79 Å². The van der Waals surface area contributed by atoms with E-state index in [0.29, 0.717) is 23.6 Å². The Balaban J connectivity index is 2.49. The van der Waals surface area contributed by atoms with Crippen LogP contribution >= 0.6 is 12.2 Å². The topological polar surface area (TPSA) is 67.6 Å². The second-order valence-electron chi connectivity index (χ2n) is 3.80. The summed E-state index contributed by atoms with van der Waals surface area (Å²) < 4.78 is 5.04. The Morgan fingerprint density at radius 1 is 1.44 bits per heavy atom. The Labute approximate surface area is 112 Å². The number of urea groups is 1. The van der Waals surface area contributed by atoms with Crippen molar-refractivity contribution >= 4 is 28.9 Å². The van der Waals surface area contributed by atoms with Crippen molar-refractivity contribution in [2.24, 2.45) is 5.73 Å². The molecule has 0 spiro atoms. The number of ether oxygens (including phenoxy) is 1. The highest BCUT2D eigenvalue weighted by atomic mass is 32.1. The number of nitrogens with one attached hydrogen (secondary N) is 1. The van der Waals surface area contributed by atoms with Crippen LogP contribution in [0.5, 0.6) is 5.75 Å². The van der Waals surface area contributed by atoms with Crippen LogP contribution in [0.1, 0.15) is 6.42 Å². The average Bonchev–Trinajstić information content (AvgIpc) is 2.36. The minimum absolute atomic E-state index is 0.198. The molecule has 3 N–H and O–H groups in total. The molecule has 0 aliphatic carbocycles. The average molecular weight is 267 g/mol. The van der Waals surface area contributed by atoms with Crippen LogP contribution in [0.25, 0.3) is 0 Å². The van der Waals surface area contributed by atoms with Gasteiger partial charge < -0.3 is 20.7 Å². The van der Waals surface area contributed by atoms with E-state index in [2.05, 4.69) is 5.32 Å². The van der Waals surface area contributed by atoms with Crippen molar-refractivity contribution in [2.75, 3.05) is 26.0 Å². The first-order valence-electron chi connectivity index (χ1n) is 5.47. The lowest BCUT2D eigenvalue weighted by atomic mass is 10.3. The number of carbonyl (C=O) groups is 1. The van der Waals surface area contributed by atoms with Crippen molar-refractivity contribution < 1.29 is 9.53 Å². The lowest BCUT2D eigenvalue weighted by Gasteiger charge is -2.17. The predicted molar refractivity (Wildman–Crippen MR) is 76.0 cm³/mol. The van der Waals surface area contributed by atoms with E-state index in [1.807, 2.05) is 0 Å². The standard InChI is InChI=1S/C12H17N3O2S/c1-15(8-7-11(13)18)12(16)14-9-3-5-10(17-2)6-4-9/h3-6H,7-8H2,1-2H3,(H2,13,18)(H,14,16). The molecule has 6 heteroatoms. The van der Waals surface area contributed by atoms with Gasteiger partial charge in [0.05, 0.1) is 12.1 Å². The van der Waals surface area contributed by atoms with Crippen molar-refractivity contribution in [3.63, 3.8) is 0 Å². The van der Waals surface area contributed by atoms with E-state index in [1.54, 1.807) is 38.4 Å². The molecule has 0 aliphatic rings. The molecule has 0 bridgehead atoms. The van der Waals surface area contributed by atoms with Crippen molar-refractivity contribution in [3.05, 3.63) is 24.3 Å². The molecule has 0 radical (unpaired) electrons. The van der Waals surface area contributed by atoms with Gasteiger partial charge >= 0.3 is 6.03 Å². The maximum absolute atomic E-state index is 11.8. The van der Waals surface area contributed by atoms with E-state index in [9.17, 15) is 4.79 Å². The van der Waals surface area contributed by atoms with Gasteiger partial charge in [-0.2, -0.15) is 0 Å². The van der Waals surface area contributed by atoms with Crippen LogP contribution in [0.4, 0.5) is 10.5 Å². The van der Waals surface area contributed by atoms with Crippen molar-refractivity contribution in [2.45, 2.75) is 6.42 Å². The third-order valence-corrected chi connectivity index (χ3v) is 2.59. The van der Waals surface area contributed by atoms with Crippen molar-refractivity contribution in [1.82, 2.24) is 4.90 Å². The van der Waals surface area contributed by atoms with Gasteiger partial charge in [-0.3, -0.25) is 0 Å². The van der Waals surface area contributed by atoms with Crippen molar-refractivity contribution in [3.8, 4) is 5.75 Å². The Hall–Kier alpha value is -1.82. The highest BCUT2D eigenvalue weighted by molar-refractivity contribution is 7.80. The van der Waals surface area contributed by atoms with Gasteiger partial charge in [-0.15, -0.1) is 0 Å². The molecule has 0 aromatic heterocycles. The maximum atomic E-state index is 11.8. The van der Waals surface area contributed by atoms with E-state index in [-0.39, 0.29) is 6.03 Å². The first-order chi connectivity index (χ1) is 8.52. The fraction of sp³-hybridized carbons (Fsp3) is 0.333. The number of hydrogen-bond acceptors (Lipinski definition) is 3. The van der Waals surface area contributed by atoms with Crippen LogP contribution in [-0.4, -0.2) is 36.6 Å². The number of amides is 2. The van der Waals surface area contributed by atoms with Gasteiger partial charge in [0, 0.05) is 25.7 Å². The maximum Gasteiger partial charge on any atom is 0.321 e. The van der Waals surface area contributed by atoms with Crippen LogP contribution in [0.3, 0.4) is 0 Å². The number of anilines is 1. The van der Waals surface area contributed by atoms with Crippen molar-refractivity contribution in [1.29, 1.82) is 0 Å². The molecule has 1 rings (SSSR count). The number of nitrogens with zero attached hydrogens (tertiary/aromatic N) is 1. The van der Waals surface area contributed by atoms with E-state index in [4.69, 9.17) is 22.7 Å². The van der Waals surface area contributed by atoms with E-state index < -0.39 is 0 Å². The summed E-state index contributed by atoms with van der Waals surface area (Å²) >= 11 is 4.76. The molecule has 1 aromatic rings. The molecule has 0 heterocycles. The van der Waals surface area contributed by atoms with Gasteiger partial charge in [0.15, 0.2) is 0 Å². The quantitative estimate of drug-likeness (QED) is 0.799. The number of carbonyl (C=O) groups excluding carboxylic acids is 1. The molecule has 18 heavy (non-hydrogen) atoms. The highest BCUT2D eigenvalue weighted by Gasteiger charge is 2.08. The van der Waals surface area contributed by atoms with E-state index >= 15 is 0 Å². The molecule has 1 aromatic carbocycles. The van der Waals surface area contributed by atoms with Crippen LogP contribution in [0.2, 0.25) is 0 Å². The highest BCUT2D eigenvalue weighted by Crippen LogP contribution is 2.15. The molecule has 0 saturated carbocycles. The summed E-state index contributed by atoms with van der Waals surface area (Å²) in [5.74, 6) is 0.745. The SMILES string of the molecule is COc1ccc(NC(=O)N(C)CCC(N)=S)cc1. The minimum atomic E-state index is -0.198. The van der Waals surface area contributed by atoms with Gasteiger partial charge in [-0.1, -0.05) is 12.2 Å². The Bertz CT molecular complexity index is 420. The second-order valence-corrected chi connectivity index (χ2v) is 4.32. The lowest BCUT2D eigenvalue weighted by molar-refractivity contribution is 0.223. The molecular formula is C12H17N3O2S. The molecule has 0 aliphatic heterocycles. The van der Waals surface area contributed by atoms with Gasteiger partial charge in [0.2, 0.25) is 0 Å². The second kappa shape index (κ2) is 6.80. The molecule has 5 nitrogen and oxygen atoms in total. The summed E-state index contributed by atoms with van der Waals surface area (Å²) in [6.07, 6.45) is 0.516. The molecule has 98 valence electrons. The van der Waals surface area contributed by atoms with Gasteiger partial charge in [-0.05, 0) is 24.3 Å². The zero-order valence-electron chi connectivity index (χ0n) is 10.5. The molecule has 0 fully saturated rings. The van der Waals surface area contributed by atoms with Gasteiger partial charge in [0.25, 0.3) is 0 Å². The summed E-state index contributed by atoms with van der Waals surface area (Å²) in [5.41, 5.74) is 6.10. The zero-order chi connectivity index (χ0) is 13.5. The first kappa shape index (κ1) is 14.2. The number of thiocarbonyl (C=S) groups is 1. The third kappa shape index (κ3) is 4.58. The molecule has 0 saturated heterocycles. The predicted octanol–water partition coefficient (Wildman–Crippen LogP) is 1.84. The number of hydrogen-bond donors (Lipinski definition) is 2. The Kier molecular flexibility index (Phi) is 5.38. The molecular weight excluding hydrogens is 250 g/mol. The van der Waals surface area contributed by atoms with Crippen LogP contribution in [0, 0.1) is 0 Å². The van der Waals surface area contributed by atoms with Crippen LogP contribution < -0.4 is 15.8 Å². The largest absolute Gasteiger partial charge is 0.497 e. The molecule has 0 unspecified atom stereocenters. The minimum Gasteiger partial charge on any atom is -0.497 e. The Morgan fingerprint density at radius 3 is 2.56 bits per heavy atom. The normalized spacial score (nSPS) is 9.67. The van der Waals surface area contributed by atoms with E-state index in [1.165, 1.54) is 4.90 Å². The number of methoxy groups -OCH3 is 1. The summed E-state index contributed by atoms with van der Waals surface area (Å²) in [5, 5.41) is 2.76. The molecule has 0 atom stereocenters.